The van der Waals surface area contributed by atoms with E-state index in [4.69, 9.17) is 10.6 Å². The first-order valence-corrected chi connectivity index (χ1v) is 13.1. The van der Waals surface area contributed by atoms with E-state index in [1.807, 2.05) is 61.5 Å². The number of benzene rings is 4. The standard InChI is InChI=1S/C32H36N4O2/c1-4-5-9-26-15-14-24(21-38-28-18-16-27(17-19-28)36(33)22-34-3)20-31(26)35-32(37)23(2)29-13-8-11-25-10-6-7-12-30(25)29/h6-8,10-20,22-23H,4-5,9,21,33H2,1-3H3,(H,35,37). The van der Waals surface area contributed by atoms with Gasteiger partial charge in [-0.15, -0.1) is 0 Å². The van der Waals surface area contributed by atoms with Crippen molar-refractivity contribution < 1.29 is 9.53 Å². The number of aryl methyl sites for hydroxylation is 1. The predicted molar refractivity (Wildman–Crippen MR) is 158 cm³/mol. The van der Waals surface area contributed by atoms with E-state index < -0.39 is 0 Å². The Morgan fingerprint density at radius 3 is 2.58 bits per heavy atom. The van der Waals surface area contributed by atoms with Gasteiger partial charge in [0.25, 0.3) is 0 Å². The number of ether oxygens (including phenoxy) is 1. The molecule has 0 aliphatic carbocycles. The average molecular weight is 509 g/mol. The molecule has 1 atom stereocenters. The molecule has 4 aromatic rings. The maximum absolute atomic E-state index is 13.4. The summed E-state index contributed by atoms with van der Waals surface area (Å²) in [5.41, 5.74) is 4.82. The van der Waals surface area contributed by atoms with E-state index in [1.54, 1.807) is 13.4 Å². The molecular weight excluding hydrogens is 472 g/mol. The van der Waals surface area contributed by atoms with E-state index in [-0.39, 0.29) is 11.8 Å². The van der Waals surface area contributed by atoms with Crippen LogP contribution >= 0.6 is 0 Å². The second-order valence-electron chi connectivity index (χ2n) is 9.44. The molecule has 0 saturated heterocycles. The van der Waals surface area contributed by atoms with Crippen LogP contribution in [0.1, 0.15) is 49.3 Å². The van der Waals surface area contributed by atoms with Crippen molar-refractivity contribution in [2.24, 2.45) is 10.8 Å². The SMILES string of the molecule is CCCCc1ccc(COc2ccc(N(N)C=NC)cc2)cc1NC(=O)C(C)c1cccc2ccccc12. The molecule has 0 aliphatic heterocycles. The molecule has 0 aliphatic rings. The number of fused-ring (bicyclic) bond motifs is 1. The van der Waals surface area contributed by atoms with Gasteiger partial charge < -0.3 is 10.1 Å². The number of hydrazine groups is 1. The summed E-state index contributed by atoms with van der Waals surface area (Å²) in [7, 11) is 1.67. The van der Waals surface area contributed by atoms with Crippen molar-refractivity contribution in [2.45, 2.75) is 45.6 Å². The molecule has 4 aromatic carbocycles. The van der Waals surface area contributed by atoms with Crippen LogP contribution in [0.4, 0.5) is 11.4 Å². The van der Waals surface area contributed by atoms with Gasteiger partial charge in [-0.3, -0.25) is 14.8 Å². The van der Waals surface area contributed by atoms with Crippen molar-refractivity contribution in [3.63, 3.8) is 0 Å². The van der Waals surface area contributed by atoms with E-state index in [0.29, 0.717) is 6.61 Å². The van der Waals surface area contributed by atoms with Crippen LogP contribution in [0.3, 0.4) is 0 Å². The average Bonchev–Trinajstić information content (AvgIpc) is 2.95. The van der Waals surface area contributed by atoms with E-state index in [9.17, 15) is 4.79 Å². The number of anilines is 2. The summed E-state index contributed by atoms with van der Waals surface area (Å²) in [4.78, 5) is 17.4. The number of nitrogens with zero attached hydrogens (tertiary/aromatic N) is 2. The van der Waals surface area contributed by atoms with Gasteiger partial charge in [0.1, 0.15) is 18.7 Å². The molecule has 0 saturated carbocycles. The van der Waals surface area contributed by atoms with Crippen molar-refractivity contribution in [3.05, 3.63) is 102 Å². The predicted octanol–water partition coefficient (Wildman–Crippen LogP) is 6.84. The van der Waals surface area contributed by atoms with Crippen LogP contribution in [0.2, 0.25) is 0 Å². The third-order valence-corrected chi connectivity index (χ3v) is 6.70. The maximum Gasteiger partial charge on any atom is 0.231 e. The van der Waals surface area contributed by atoms with E-state index in [2.05, 4.69) is 47.6 Å². The molecule has 0 fully saturated rings. The monoisotopic (exact) mass is 508 g/mol. The van der Waals surface area contributed by atoms with Gasteiger partial charge in [0.15, 0.2) is 0 Å². The number of unbranched alkanes of at least 4 members (excludes halogenated alkanes) is 1. The minimum absolute atomic E-state index is 0.0188. The Bertz CT molecular complexity index is 1390. The van der Waals surface area contributed by atoms with Gasteiger partial charge in [0.2, 0.25) is 5.91 Å². The number of carbonyl (C=O) groups excluding carboxylic acids is 1. The molecule has 1 unspecified atom stereocenters. The summed E-state index contributed by atoms with van der Waals surface area (Å²) in [6.45, 7) is 4.53. The lowest BCUT2D eigenvalue weighted by molar-refractivity contribution is -0.117. The number of carbonyl (C=O) groups is 1. The number of nitrogens with one attached hydrogen (secondary N) is 1. The summed E-state index contributed by atoms with van der Waals surface area (Å²) in [5, 5.41) is 6.92. The molecule has 38 heavy (non-hydrogen) atoms. The van der Waals surface area contributed by atoms with Crippen LogP contribution < -0.4 is 20.9 Å². The first kappa shape index (κ1) is 26.9. The topological polar surface area (TPSA) is 80.0 Å². The van der Waals surface area contributed by atoms with Gasteiger partial charge in [-0.05, 0) is 77.6 Å². The Morgan fingerprint density at radius 1 is 1.05 bits per heavy atom. The van der Waals surface area contributed by atoms with E-state index >= 15 is 0 Å². The molecular formula is C32H36N4O2. The molecule has 0 heterocycles. The molecule has 0 aromatic heterocycles. The van der Waals surface area contributed by atoms with E-state index in [0.717, 1.165) is 63.8 Å². The Balaban J connectivity index is 1.50. The molecule has 196 valence electrons. The molecule has 4 rings (SSSR count). The van der Waals surface area contributed by atoms with Crippen molar-refractivity contribution in [1.82, 2.24) is 0 Å². The lowest BCUT2D eigenvalue weighted by atomic mass is 9.94. The minimum atomic E-state index is -0.293. The van der Waals surface area contributed by atoms with Crippen molar-refractivity contribution >= 4 is 34.4 Å². The van der Waals surface area contributed by atoms with Gasteiger partial charge in [-0.25, -0.2) is 5.84 Å². The fourth-order valence-electron chi connectivity index (χ4n) is 4.50. The van der Waals surface area contributed by atoms with Crippen LogP contribution in [-0.2, 0) is 17.8 Å². The Kier molecular flexibility index (Phi) is 9.11. The van der Waals surface area contributed by atoms with Crippen LogP contribution in [0, 0.1) is 0 Å². The quantitative estimate of drug-likeness (QED) is 0.101. The summed E-state index contributed by atoms with van der Waals surface area (Å²) < 4.78 is 6.03. The van der Waals surface area contributed by atoms with Crippen molar-refractivity contribution in [3.8, 4) is 5.75 Å². The van der Waals surface area contributed by atoms with Gasteiger partial charge in [0, 0.05) is 12.7 Å². The summed E-state index contributed by atoms with van der Waals surface area (Å²) >= 11 is 0. The minimum Gasteiger partial charge on any atom is -0.489 e. The Hall–Kier alpha value is -4.16. The first-order valence-electron chi connectivity index (χ1n) is 13.1. The molecule has 3 N–H and O–H groups in total. The molecule has 0 radical (unpaired) electrons. The highest BCUT2D eigenvalue weighted by molar-refractivity contribution is 5.99. The van der Waals surface area contributed by atoms with Crippen LogP contribution in [0.25, 0.3) is 10.8 Å². The van der Waals surface area contributed by atoms with Crippen molar-refractivity contribution in [1.29, 1.82) is 0 Å². The fourth-order valence-corrected chi connectivity index (χ4v) is 4.50. The highest BCUT2D eigenvalue weighted by atomic mass is 16.5. The zero-order valence-electron chi connectivity index (χ0n) is 22.4. The van der Waals surface area contributed by atoms with Gasteiger partial charge in [-0.1, -0.05) is 67.9 Å². The largest absolute Gasteiger partial charge is 0.489 e. The molecule has 0 spiro atoms. The summed E-state index contributed by atoms with van der Waals surface area (Å²) in [6, 6.07) is 28.1. The lowest BCUT2D eigenvalue weighted by Crippen LogP contribution is -2.28. The Morgan fingerprint density at radius 2 is 1.82 bits per heavy atom. The van der Waals surface area contributed by atoms with Gasteiger partial charge in [0.05, 0.1) is 11.6 Å². The van der Waals surface area contributed by atoms with Gasteiger partial charge in [-0.2, -0.15) is 0 Å². The first-order chi connectivity index (χ1) is 18.5. The fraction of sp³-hybridized carbons (Fsp3) is 0.250. The zero-order chi connectivity index (χ0) is 26.9. The number of nitrogens with two attached hydrogens (primary N) is 1. The highest BCUT2D eigenvalue weighted by Crippen LogP contribution is 2.28. The summed E-state index contributed by atoms with van der Waals surface area (Å²) in [5.74, 6) is 6.34. The smallest absolute Gasteiger partial charge is 0.231 e. The third-order valence-electron chi connectivity index (χ3n) is 6.70. The number of amides is 1. The van der Waals surface area contributed by atoms with Crippen LogP contribution in [0.5, 0.6) is 5.75 Å². The normalized spacial score (nSPS) is 12.0. The highest BCUT2D eigenvalue weighted by Gasteiger charge is 2.19. The number of aliphatic imine (C=N–C) groups is 1. The number of hydrogen-bond donors (Lipinski definition) is 2. The molecule has 0 bridgehead atoms. The van der Waals surface area contributed by atoms with E-state index in [1.165, 1.54) is 5.01 Å². The van der Waals surface area contributed by atoms with Crippen molar-refractivity contribution in [2.75, 3.05) is 17.4 Å². The van der Waals surface area contributed by atoms with Crippen LogP contribution in [0.15, 0.2) is 89.9 Å². The third kappa shape index (κ3) is 6.58. The van der Waals surface area contributed by atoms with Gasteiger partial charge >= 0.3 is 0 Å². The Labute approximate surface area is 225 Å². The maximum atomic E-state index is 13.4. The lowest BCUT2D eigenvalue weighted by Gasteiger charge is -2.18. The second kappa shape index (κ2) is 12.9. The molecule has 6 nitrogen and oxygen atoms in total. The molecule has 1 amide bonds. The molecule has 6 heteroatoms. The number of hydrogen-bond acceptors (Lipinski definition) is 4. The summed E-state index contributed by atoms with van der Waals surface area (Å²) in [6.07, 6.45) is 4.61. The van der Waals surface area contributed by atoms with Crippen LogP contribution in [-0.4, -0.2) is 19.3 Å². The second-order valence-corrected chi connectivity index (χ2v) is 9.44. The zero-order valence-corrected chi connectivity index (χ0v) is 22.4. The number of rotatable bonds is 11.